The van der Waals surface area contributed by atoms with E-state index >= 15 is 0 Å². The molecule has 0 aliphatic heterocycles. The van der Waals surface area contributed by atoms with E-state index < -0.39 is 0 Å². The third-order valence-electron chi connectivity index (χ3n) is 3.07. The van der Waals surface area contributed by atoms with E-state index in [0.717, 1.165) is 17.4 Å². The van der Waals surface area contributed by atoms with Crippen LogP contribution >= 0.6 is 35.3 Å². The van der Waals surface area contributed by atoms with Gasteiger partial charge in [-0.2, -0.15) is 0 Å². The first-order valence-corrected chi connectivity index (χ1v) is 8.35. The van der Waals surface area contributed by atoms with Gasteiger partial charge in [0.2, 0.25) is 0 Å². The third-order valence-corrected chi connectivity index (χ3v) is 4.13. The molecule has 132 valence electrons. The van der Waals surface area contributed by atoms with E-state index in [-0.39, 0.29) is 29.8 Å². The summed E-state index contributed by atoms with van der Waals surface area (Å²) in [5, 5.41) is 9.36. The molecule has 2 aromatic rings. The molecule has 0 aliphatic rings. The van der Waals surface area contributed by atoms with Crippen molar-refractivity contribution in [3.8, 4) is 0 Å². The molecule has 8 heteroatoms. The number of aromatic nitrogens is 1. The highest BCUT2D eigenvalue weighted by Crippen LogP contribution is 2.17. The highest BCUT2D eigenvalue weighted by Gasteiger charge is 2.05. The average Bonchev–Trinajstić information content (AvgIpc) is 3.00. The van der Waals surface area contributed by atoms with Gasteiger partial charge in [0, 0.05) is 31.6 Å². The molecule has 5 nitrogen and oxygen atoms in total. The molecule has 0 amide bonds. The number of guanidine groups is 1. The number of nitrogens with zero attached hydrogens (tertiary/aromatic N) is 3. The summed E-state index contributed by atoms with van der Waals surface area (Å²) >= 11 is 1.60. The van der Waals surface area contributed by atoms with Crippen LogP contribution in [0.25, 0.3) is 0 Å². The molecule has 1 heterocycles. The third kappa shape index (κ3) is 6.23. The molecule has 0 aliphatic carbocycles. The fourth-order valence-corrected chi connectivity index (χ4v) is 2.65. The van der Waals surface area contributed by atoms with Crippen molar-refractivity contribution in [1.29, 1.82) is 0 Å². The molecule has 0 saturated heterocycles. The summed E-state index contributed by atoms with van der Waals surface area (Å²) in [4.78, 5) is 10.9. The van der Waals surface area contributed by atoms with Crippen molar-refractivity contribution in [3.63, 3.8) is 0 Å². The Morgan fingerprint density at radius 1 is 1.29 bits per heavy atom. The zero-order valence-electron chi connectivity index (χ0n) is 14.0. The summed E-state index contributed by atoms with van der Waals surface area (Å²) < 4.78 is 13.6. The molecule has 0 bridgehead atoms. The average molecular weight is 463 g/mol. The summed E-state index contributed by atoms with van der Waals surface area (Å²) in [6.45, 7) is 3.60. The Labute approximate surface area is 163 Å². The SMILES string of the molecule is CCNC(=NCc1ccccc1F)NCc1csc(N(C)C)n1.I. The van der Waals surface area contributed by atoms with Crippen LogP contribution in [-0.4, -0.2) is 31.6 Å². The summed E-state index contributed by atoms with van der Waals surface area (Å²) in [5.74, 6) is 0.414. The van der Waals surface area contributed by atoms with E-state index in [1.54, 1.807) is 23.5 Å². The quantitative estimate of drug-likeness (QED) is 0.393. The van der Waals surface area contributed by atoms with E-state index in [1.165, 1.54) is 6.07 Å². The Morgan fingerprint density at radius 2 is 2.04 bits per heavy atom. The maximum Gasteiger partial charge on any atom is 0.191 e. The Morgan fingerprint density at radius 3 is 2.67 bits per heavy atom. The molecule has 0 spiro atoms. The highest BCUT2D eigenvalue weighted by molar-refractivity contribution is 14.0. The van der Waals surface area contributed by atoms with Crippen LogP contribution < -0.4 is 15.5 Å². The monoisotopic (exact) mass is 463 g/mol. The van der Waals surface area contributed by atoms with Gasteiger partial charge in [0.1, 0.15) is 5.82 Å². The number of thiazole rings is 1. The molecule has 1 aromatic heterocycles. The largest absolute Gasteiger partial charge is 0.357 e. The van der Waals surface area contributed by atoms with Gasteiger partial charge < -0.3 is 15.5 Å². The van der Waals surface area contributed by atoms with Crippen molar-refractivity contribution in [2.45, 2.75) is 20.0 Å². The van der Waals surface area contributed by atoms with E-state index in [0.29, 0.717) is 24.6 Å². The zero-order chi connectivity index (χ0) is 16.7. The molecule has 0 atom stereocenters. The van der Waals surface area contributed by atoms with Crippen LogP contribution in [0, 0.1) is 5.82 Å². The number of hydrogen-bond acceptors (Lipinski definition) is 4. The van der Waals surface area contributed by atoms with Gasteiger partial charge in [-0.15, -0.1) is 35.3 Å². The van der Waals surface area contributed by atoms with E-state index in [4.69, 9.17) is 0 Å². The van der Waals surface area contributed by atoms with Crippen molar-refractivity contribution in [1.82, 2.24) is 15.6 Å². The number of hydrogen-bond donors (Lipinski definition) is 2. The zero-order valence-corrected chi connectivity index (χ0v) is 17.2. The number of anilines is 1. The Bertz CT molecular complexity index is 659. The normalized spacial score (nSPS) is 10.9. The maximum atomic E-state index is 13.6. The fourth-order valence-electron chi connectivity index (χ4n) is 1.89. The number of aliphatic imine (C=N–C) groups is 1. The lowest BCUT2D eigenvalue weighted by Gasteiger charge is -2.10. The van der Waals surface area contributed by atoms with Crippen LogP contribution in [0.4, 0.5) is 9.52 Å². The van der Waals surface area contributed by atoms with Crippen LogP contribution in [0.15, 0.2) is 34.6 Å². The van der Waals surface area contributed by atoms with E-state index in [1.807, 2.05) is 37.4 Å². The first-order valence-electron chi connectivity index (χ1n) is 7.47. The standard InChI is InChI=1S/C16H22FN5S.HI/c1-4-18-15(19-9-12-7-5-6-8-14(12)17)20-10-13-11-23-16(21-13)22(2)3;/h5-8,11H,4,9-10H2,1-3H3,(H2,18,19,20);1H. The lowest BCUT2D eigenvalue weighted by molar-refractivity contribution is 0.610. The molecular formula is C16H23FIN5S. The number of halogens is 2. The molecule has 2 N–H and O–H groups in total. The Kier molecular flexibility index (Phi) is 8.98. The van der Waals surface area contributed by atoms with E-state index in [2.05, 4.69) is 20.6 Å². The Hall–Kier alpha value is -1.42. The number of benzene rings is 1. The summed E-state index contributed by atoms with van der Waals surface area (Å²) in [6, 6.07) is 6.68. The maximum absolute atomic E-state index is 13.6. The van der Waals surface area contributed by atoms with Gasteiger partial charge in [-0.05, 0) is 13.0 Å². The van der Waals surface area contributed by atoms with Gasteiger partial charge in [-0.25, -0.2) is 14.4 Å². The predicted octanol–water partition coefficient (Wildman–Crippen LogP) is 3.22. The van der Waals surface area contributed by atoms with Crippen LogP contribution in [-0.2, 0) is 13.1 Å². The second-order valence-corrected chi connectivity index (χ2v) is 5.99. The predicted molar refractivity (Wildman–Crippen MR) is 110 cm³/mol. The second kappa shape index (κ2) is 10.4. The summed E-state index contributed by atoms with van der Waals surface area (Å²) in [6.07, 6.45) is 0. The van der Waals surface area contributed by atoms with Crippen molar-refractivity contribution in [2.75, 3.05) is 25.5 Å². The van der Waals surface area contributed by atoms with Crippen molar-refractivity contribution in [3.05, 3.63) is 46.7 Å². The summed E-state index contributed by atoms with van der Waals surface area (Å²) in [5.41, 5.74) is 1.53. The highest BCUT2D eigenvalue weighted by atomic mass is 127. The van der Waals surface area contributed by atoms with E-state index in [9.17, 15) is 4.39 Å². The van der Waals surface area contributed by atoms with Crippen molar-refractivity contribution < 1.29 is 4.39 Å². The second-order valence-electron chi connectivity index (χ2n) is 5.16. The first kappa shape index (κ1) is 20.6. The molecule has 0 unspecified atom stereocenters. The topological polar surface area (TPSA) is 52.6 Å². The van der Waals surface area contributed by atoms with Gasteiger partial charge in [-0.1, -0.05) is 18.2 Å². The molecule has 0 radical (unpaired) electrons. The first-order chi connectivity index (χ1) is 11.1. The van der Waals surface area contributed by atoms with Gasteiger partial charge in [0.05, 0.1) is 18.8 Å². The lowest BCUT2D eigenvalue weighted by atomic mass is 10.2. The minimum atomic E-state index is -0.234. The molecule has 0 fully saturated rings. The molecule has 1 aromatic carbocycles. The molecule has 2 rings (SSSR count). The van der Waals surface area contributed by atoms with Crippen LogP contribution in [0.3, 0.4) is 0 Å². The van der Waals surface area contributed by atoms with Crippen LogP contribution in [0.5, 0.6) is 0 Å². The van der Waals surface area contributed by atoms with Gasteiger partial charge in [0.15, 0.2) is 11.1 Å². The number of nitrogens with one attached hydrogen (secondary N) is 2. The Balaban J connectivity index is 0.00000288. The van der Waals surface area contributed by atoms with Crippen LogP contribution in [0.1, 0.15) is 18.2 Å². The smallest absolute Gasteiger partial charge is 0.191 e. The van der Waals surface area contributed by atoms with Gasteiger partial charge in [0.25, 0.3) is 0 Å². The molecule has 24 heavy (non-hydrogen) atoms. The molecular weight excluding hydrogens is 440 g/mol. The van der Waals surface area contributed by atoms with Crippen molar-refractivity contribution >= 4 is 46.4 Å². The minimum absolute atomic E-state index is 0. The summed E-state index contributed by atoms with van der Waals surface area (Å²) in [7, 11) is 3.94. The van der Waals surface area contributed by atoms with Crippen LogP contribution in [0.2, 0.25) is 0 Å². The van der Waals surface area contributed by atoms with Gasteiger partial charge >= 0.3 is 0 Å². The fraction of sp³-hybridized carbons (Fsp3) is 0.375. The van der Waals surface area contributed by atoms with Gasteiger partial charge in [-0.3, -0.25) is 0 Å². The minimum Gasteiger partial charge on any atom is -0.357 e. The number of rotatable bonds is 6. The molecule has 0 saturated carbocycles. The lowest BCUT2D eigenvalue weighted by Crippen LogP contribution is -2.36. The van der Waals surface area contributed by atoms with Crippen molar-refractivity contribution in [2.24, 2.45) is 4.99 Å².